The first kappa shape index (κ1) is 17.1. The number of imidazole rings is 1. The van der Waals surface area contributed by atoms with Gasteiger partial charge in [-0.3, -0.25) is 4.40 Å². The second kappa shape index (κ2) is 6.77. The first-order valence-corrected chi connectivity index (χ1v) is 10.3. The van der Waals surface area contributed by atoms with Crippen LogP contribution in [0.2, 0.25) is 0 Å². The van der Waals surface area contributed by atoms with E-state index in [1.165, 1.54) is 18.2 Å². The molecule has 3 heterocycles. The lowest BCUT2D eigenvalue weighted by atomic mass is 9.95. The monoisotopic (exact) mass is 371 g/mol. The molecule has 0 atom stereocenters. The minimum absolute atomic E-state index is 0.135. The molecule has 4 rings (SSSR count). The SMILES string of the molecule is Cc1nc(CCNS(=O)(=O)c2cnc3ccccn23)nc2c1CCCC2. The van der Waals surface area contributed by atoms with Gasteiger partial charge in [0.15, 0.2) is 5.03 Å². The molecular weight excluding hydrogens is 350 g/mol. The van der Waals surface area contributed by atoms with E-state index >= 15 is 0 Å². The van der Waals surface area contributed by atoms with Crippen molar-refractivity contribution in [1.82, 2.24) is 24.1 Å². The highest BCUT2D eigenvalue weighted by atomic mass is 32.2. The number of sulfonamides is 1. The number of aryl methyl sites for hydroxylation is 2. The zero-order valence-electron chi connectivity index (χ0n) is 14.6. The van der Waals surface area contributed by atoms with Crippen molar-refractivity contribution >= 4 is 15.7 Å². The highest BCUT2D eigenvalue weighted by Crippen LogP contribution is 2.21. The van der Waals surface area contributed by atoms with Crippen molar-refractivity contribution in [2.45, 2.75) is 44.1 Å². The largest absolute Gasteiger partial charge is 0.289 e. The third kappa shape index (κ3) is 3.22. The standard InChI is InChI=1S/C18H21N5O2S/c1-13-14-6-2-3-7-15(14)22-16(21-13)9-10-20-26(24,25)18-12-19-17-8-4-5-11-23(17)18/h4-5,8,11-12,20H,2-3,6-7,9-10H2,1H3. The Morgan fingerprint density at radius 3 is 2.92 bits per heavy atom. The Labute approximate surface area is 152 Å². The molecule has 0 aromatic carbocycles. The summed E-state index contributed by atoms with van der Waals surface area (Å²) in [4.78, 5) is 13.3. The molecule has 1 N–H and O–H groups in total. The fraction of sp³-hybridized carbons (Fsp3) is 0.389. The molecule has 0 bridgehead atoms. The zero-order chi connectivity index (χ0) is 18.1. The summed E-state index contributed by atoms with van der Waals surface area (Å²) in [5.41, 5.74) is 4.02. The molecular formula is C18H21N5O2S. The van der Waals surface area contributed by atoms with Gasteiger partial charge in [-0.05, 0) is 50.3 Å². The van der Waals surface area contributed by atoms with E-state index in [0.717, 1.165) is 30.7 Å². The fourth-order valence-corrected chi connectivity index (χ4v) is 4.56. The fourth-order valence-electron chi connectivity index (χ4n) is 3.44. The van der Waals surface area contributed by atoms with Gasteiger partial charge in [-0.25, -0.2) is 28.1 Å². The predicted molar refractivity (Wildman–Crippen MR) is 97.5 cm³/mol. The van der Waals surface area contributed by atoms with E-state index in [2.05, 4.69) is 19.7 Å². The van der Waals surface area contributed by atoms with E-state index in [-0.39, 0.29) is 11.6 Å². The van der Waals surface area contributed by atoms with Crippen LogP contribution in [0.15, 0.2) is 35.6 Å². The van der Waals surface area contributed by atoms with Crippen LogP contribution in [0.5, 0.6) is 0 Å². The number of hydrogen-bond donors (Lipinski definition) is 1. The molecule has 7 nitrogen and oxygen atoms in total. The van der Waals surface area contributed by atoms with Gasteiger partial charge in [0.05, 0.1) is 6.20 Å². The molecule has 0 saturated carbocycles. The Bertz CT molecular complexity index is 1060. The molecule has 0 fully saturated rings. The van der Waals surface area contributed by atoms with Crippen LogP contribution in [0.4, 0.5) is 0 Å². The maximum absolute atomic E-state index is 12.6. The number of nitrogens with zero attached hydrogens (tertiary/aromatic N) is 4. The number of rotatable bonds is 5. The Kier molecular flexibility index (Phi) is 4.46. The Morgan fingerprint density at radius 1 is 1.19 bits per heavy atom. The third-order valence-corrected chi connectivity index (χ3v) is 6.17. The summed E-state index contributed by atoms with van der Waals surface area (Å²) in [6.07, 6.45) is 7.90. The van der Waals surface area contributed by atoms with Crippen molar-refractivity contribution in [1.29, 1.82) is 0 Å². The molecule has 0 radical (unpaired) electrons. The van der Waals surface area contributed by atoms with E-state index in [1.54, 1.807) is 22.7 Å². The number of pyridine rings is 1. The van der Waals surface area contributed by atoms with Crippen molar-refractivity contribution in [3.8, 4) is 0 Å². The molecule has 0 spiro atoms. The highest BCUT2D eigenvalue weighted by molar-refractivity contribution is 7.89. The van der Waals surface area contributed by atoms with E-state index in [9.17, 15) is 8.42 Å². The van der Waals surface area contributed by atoms with Gasteiger partial charge in [0, 0.05) is 30.6 Å². The maximum atomic E-state index is 12.6. The van der Waals surface area contributed by atoms with E-state index in [0.29, 0.717) is 17.9 Å². The number of nitrogens with one attached hydrogen (secondary N) is 1. The quantitative estimate of drug-likeness (QED) is 0.739. The van der Waals surface area contributed by atoms with E-state index in [1.807, 2.05) is 13.0 Å². The van der Waals surface area contributed by atoms with Crippen LogP contribution in [0, 0.1) is 6.92 Å². The van der Waals surface area contributed by atoms with Crippen LogP contribution in [0.3, 0.4) is 0 Å². The van der Waals surface area contributed by atoms with Crippen LogP contribution >= 0.6 is 0 Å². The van der Waals surface area contributed by atoms with E-state index in [4.69, 9.17) is 0 Å². The van der Waals surface area contributed by atoms with Crippen molar-refractivity contribution in [2.24, 2.45) is 0 Å². The van der Waals surface area contributed by atoms with Crippen LogP contribution in [-0.2, 0) is 29.3 Å². The lowest BCUT2D eigenvalue weighted by Crippen LogP contribution is -2.27. The predicted octanol–water partition coefficient (Wildman–Crippen LogP) is 1.83. The second-order valence-corrected chi connectivity index (χ2v) is 8.24. The summed E-state index contributed by atoms with van der Waals surface area (Å²) in [6.45, 7) is 2.26. The molecule has 26 heavy (non-hydrogen) atoms. The summed E-state index contributed by atoms with van der Waals surface area (Å²) in [6, 6.07) is 5.36. The molecule has 1 aliphatic carbocycles. The topological polar surface area (TPSA) is 89.2 Å². The highest BCUT2D eigenvalue weighted by Gasteiger charge is 2.19. The first-order valence-electron chi connectivity index (χ1n) is 8.81. The number of aromatic nitrogens is 4. The zero-order valence-corrected chi connectivity index (χ0v) is 15.5. The smallest absolute Gasteiger partial charge is 0.258 e. The van der Waals surface area contributed by atoms with Gasteiger partial charge in [0.25, 0.3) is 10.0 Å². The number of hydrogen-bond acceptors (Lipinski definition) is 5. The Morgan fingerprint density at radius 2 is 2.04 bits per heavy atom. The van der Waals surface area contributed by atoms with Crippen molar-refractivity contribution in [3.63, 3.8) is 0 Å². The molecule has 136 valence electrons. The van der Waals surface area contributed by atoms with Crippen LogP contribution in [0.25, 0.3) is 5.65 Å². The molecule has 8 heteroatoms. The normalized spacial score (nSPS) is 14.5. The van der Waals surface area contributed by atoms with Crippen molar-refractivity contribution < 1.29 is 8.42 Å². The van der Waals surface area contributed by atoms with Crippen LogP contribution in [0.1, 0.15) is 35.6 Å². The molecule has 3 aromatic heterocycles. The average molecular weight is 371 g/mol. The minimum atomic E-state index is -3.65. The molecule has 0 unspecified atom stereocenters. The van der Waals surface area contributed by atoms with Crippen LogP contribution in [-0.4, -0.2) is 34.3 Å². The number of fused-ring (bicyclic) bond motifs is 2. The van der Waals surface area contributed by atoms with Crippen LogP contribution < -0.4 is 4.72 Å². The summed E-state index contributed by atoms with van der Waals surface area (Å²) in [7, 11) is -3.65. The summed E-state index contributed by atoms with van der Waals surface area (Å²) in [5, 5.41) is 0.135. The summed E-state index contributed by atoms with van der Waals surface area (Å²) < 4.78 is 29.4. The molecule has 0 amide bonds. The summed E-state index contributed by atoms with van der Waals surface area (Å²) >= 11 is 0. The van der Waals surface area contributed by atoms with Gasteiger partial charge in [0.1, 0.15) is 11.5 Å². The average Bonchev–Trinajstić information content (AvgIpc) is 3.07. The molecule has 3 aromatic rings. The maximum Gasteiger partial charge on any atom is 0.258 e. The lowest BCUT2D eigenvalue weighted by molar-refractivity contribution is 0.575. The minimum Gasteiger partial charge on any atom is -0.289 e. The van der Waals surface area contributed by atoms with Gasteiger partial charge in [0.2, 0.25) is 0 Å². The molecule has 0 saturated heterocycles. The van der Waals surface area contributed by atoms with Gasteiger partial charge in [-0.1, -0.05) is 6.07 Å². The second-order valence-electron chi connectivity index (χ2n) is 6.53. The summed E-state index contributed by atoms with van der Waals surface area (Å²) in [5.74, 6) is 0.698. The van der Waals surface area contributed by atoms with Gasteiger partial charge >= 0.3 is 0 Å². The lowest BCUT2D eigenvalue weighted by Gasteiger charge is -2.17. The van der Waals surface area contributed by atoms with Crippen molar-refractivity contribution in [3.05, 3.63) is 53.4 Å². The van der Waals surface area contributed by atoms with Gasteiger partial charge < -0.3 is 0 Å². The molecule has 0 aliphatic heterocycles. The van der Waals surface area contributed by atoms with Gasteiger partial charge in [-0.15, -0.1) is 0 Å². The third-order valence-electron chi connectivity index (χ3n) is 4.74. The van der Waals surface area contributed by atoms with Gasteiger partial charge in [-0.2, -0.15) is 0 Å². The van der Waals surface area contributed by atoms with Crippen molar-refractivity contribution in [2.75, 3.05) is 6.54 Å². The molecule has 1 aliphatic rings. The Hall–Kier alpha value is -2.32. The van der Waals surface area contributed by atoms with E-state index < -0.39 is 10.0 Å². The Balaban J connectivity index is 1.48. The first-order chi connectivity index (χ1) is 12.5.